The zero-order valence-electron chi connectivity index (χ0n) is 20.1. The number of hydrogen-bond donors (Lipinski definition) is 1. The summed E-state index contributed by atoms with van der Waals surface area (Å²) in [5.41, 5.74) is 2.47. The Bertz CT molecular complexity index is 1180. The van der Waals surface area contributed by atoms with Gasteiger partial charge in [0.05, 0.1) is 12.6 Å². The monoisotopic (exact) mass is 529 g/mol. The number of carbonyl (C=O) groups excluding carboxylic acids is 2. The SMILES string of the molecule is Cc1ccsc1CN(Cc1ccc(F)cc1)C(=O)CN(CC1CCCO1)C(=O)Nc1cccc(Cl)c1. The van der Waals surface area contributed by atoms with Crippen LogP contribution in [0.15, 0.2) is 60.0 Å². The number of carbonyl (C=O) groups is 2. The summed E-state index contributed by atoms with van der Waals surface area (Å²) in [5.74, 6) is -0.530. The molecule has 36 heavy (non-hydrogen) atoms. The minimum atomic E-state index is -0.393. The molecule has 1 unspecified atom stereocenters. The van der Waals surface area contributed by atoms with E-state index in [1.165, 1.54) is 17.0 Å². The average molecular weight is 530 g/mol. The molecule has 0 radical (unpaired) electrons. The molecular formula is C27H29ClFN3O3S. The molecule has 190 valence electrons. The highest BCUT2D eigenvalue weighted by atomic mass is 35.5. The van der Waals surface area contributed by atoms with E-state index in [4.69, 9.17) is 16.3 Å². The minimum absolute atomic E-state index is 0.113. The molecule has 0 aliphatic carbocycles. The molecule has 0 spiro atoms. The molecule has 1 atom stereocenters. The quantitative estimate of drug-likeness (QED) is 0.365. The van der Waals surface area contributed by atoms with Gasteiger partial charge in [-0.05, 0) is 72.7 Å². The normalized spacial score (nSPS) is 15.0. The number of rotatable bonds is 9. The Hall–Kier alpha value is -2.94. The first kappa shape index (κ1) is 26.1. The Morgan fingerprint density at radius 2 is 1.94 bits per heavy atom. The standard InChI is InChI=1S/C27H29ClFN3O3S/c1-19-11-13-36-25(19)17-31(15-20-7-9-22(29)10-8-20)26(33)18-32(16-24-6-3-12-35-24)27(34)30-23-5-2-4-21(28)14-23/h2,4-5,7-11,13-14,24H,3,6,12,15-18H2,1H3,(H,30,34). The Labute approximate surface area is 219 Å². The molecule has 1 saturated heterocycles. The van der Waals surface area contributed by atoms with E-state index in [0.29, 0.717) is 37.0 Å². The number of ether oxygens (including phenoxy) is 1. The second-order valence-corrected chi connectivity index (χ2v) is 10.3. The molecule has 1 aliphatic rings. The molecule has 1 fully saturated rings. The van der Waals surface area contributed by atoms with Gasteiger partial charge in [0, 0.05) is 35.3 Å². The van der Waals surface area contributed by atoms with Crippen LogP contribution in [0, 0.1) is 12.7 Å². The van der Waals surface area contributed by atoms with E-state index in [-0.39, 0.29) is 24.4 Å². The summed E-state index contributed by atoms with van der Waals surface area (Å²) in [6.07, 6.45) is 1.65. The van der Waals surface area contributed by atoms with Crippen molar-refractivity contribution < 1.29 is 18.7 Å². The number of thiophene rings is 1. The van der Waals surface area contributed by atoms with E-state index in [1.807, 2.05) is 18.4 Å². The van der Waals surface area contributed by atoms with Crippen molar-refractivity contribution in [2.24, 2.45) is 0 Å². The van der Waals surface area contributed by atoms with Crippen molar-refractivity contribution >= 4 is 40.6 Å². The molecule has 1 N–H and O–H groups in total. The van der Waals surface area contributed by atoms with Crippen molar-refractivity contribution in [2.45, 2.75) is 39.0 Å². The summed E-state index contributed by atoms with van der Waals surface area (Å²) in [7, 11) is 0. The third-order valence-electron chi connectivity index (χ3n) is 6.08. The first-order valence-electron chi connectivity index (χ1n) is 11.9. The Kier molecular flexibility index (Phi) is 8.96. The van der Waals surface area contributed by atoms with Gasteiger partial charge in [-0.25, -0.2) is 9.18 Å². The van der Waals surface area contributed by atoms with Gasteiger partial charge in [0.15, 0.2) is 0 Å². The second-order valence-electron chi connectivity index (χ2n) is 8.86. The molecule has 6 nitrogen and oxygen atoms in total. The highest BCUT2D eigenvalue weighted by Gasteiger charge is 2.27. The third-order valence-corrected chi connectivity index (χ3v) is 7.32. The maximum absolute atomic E-state index is 13.6. The molecule has 0 bridgehead atoms. The summed E-state index contributed by atoms with van der Waals surface area (Å²) < 4.78 is 19.2. The molecule has 2 aromatic carbocycles. The first-order chi connectivity index (χ1) is 17.4. The summed E-state index contributed by atoms with van der Waals surface area (Å²) in [6, 6.07) is 14.6. The second kappa shape index (κ2) is 12.3. The number of urea groups is 1. The van der Waals surface area contributed by atoms with Gasteiger partial charge in [0.25, 0.3) is 0 Å². The fourth-order valence-electron chi connectivity index (χ4n) is 4.07. The van der Waals surface area contributed by atoms with E-state index in [9.17, 15) is 14.0 Å². The van der Waals surface area contributed by atoms with E-state index < -0.39 is 6.03 Å². The average Bonchev–Trinajstić information content (AvgIpc) is 3.51. The molecule has 4 rings (SSSR count). The summed E-state index contributed by atoms with van der Waals surface area (Å²) in [6.45, 7) is 3.56. The molecule has 3 aromatic rings. The van der Waals surface area contributed by atoms with Crippen LogP contribution in [0.3, 0.4) is 0 Å². The number of benzene rings is 2. The van der Waals surface area contributed by atoms with Gasteiger partial charge < -0.3 is 19.9 Å². The Morgan fingerprint density at radius 1 is 1.14 bits per heavy atom. The van der Waals surface area contributed by atoms with Gasteiger partial charge in [-0.3, -0.25) is 4.79 Å². The Morgan fingerprint density at radius 3 is 2.61 bits per heavy atom. The molecule has 0 saturated carbocycles. The predicted octanol–water partition coefficient (Wildman–Crippen LogP) is 6.09. The van der Waals surface area contributed by atoms with Crippen molar-refractivity contribution in [3.8, 4) is 0 Å². The molecule has 3 amide bonds. The molecule has 1 aromatic heterocycles. The smallest absolute Gasteiger partial charge is 0.322 e. The number of nitrogens with zero attached hydrogens (tertiary/aromatic N) is 2. The van der Waals surface area contributed by atoms with Crippen LogP contribution < -0.4 is 5.32 Å². The van der Waals surface area contributed by atoms with Gasteiger partial charge in [-0.15, -0.1) is 11.3 Å². The Balaban J connectivity index is 1.52. The van der Waals surface area contributed by atoms with Crippen molar-refractivity contribution in [3.63, 3.8) is 0 Å². The summed E-state index contributed by atoms with van der Waals surface area (Å²) >= 11 is 7.65. The van der Waals surface area contributed by atoms with E-state index >= 15 is 0 Å². The molecular weight excluding hydrogens is 501 g/mol. The maximum atomic E-state index is 13.6. The number of halogens is 2. The van der Waals surface area contributed by atoms with Crippen molar-refractivity contribution in [1.29, 1.82) is 0 Å². The topological polar surface area (TPSA) is 61.9 Å². The maximum Gasteiger partial charge on any atom is 0.322 e. The lowest BCUT2D eigenvalue weighted by atomic mass is 10.2. The van der Waals surface area contributed by atoms with Gasteiger partial charge in [-0.2, -0.15) is 0 Å². The number of anilines is 1. The largest absolute Gasteiger partial charge is 0.376 e. The van der Waals surface area contributed by atoms with E-state index in [1.54, 1.807) is 52.6 Å². The van der Waals surface area contributed by atoms with E-state index in [0.717, 1.165) is 28.8 Å². The third kappa shape index (κ3) is 7.29. The van der Waals surface area contributed by atoms with Crippen molar-refractivity contribution in [1.82, 2.24) is 9.80 Å². The van der Waals surface area contributed by atoms with Crippen LogP contribution in [-0.4, -0.2) is 47.5 Å². The minimum Gasteiger partial charge on any atom is -0.376 e. The summed E-state index contributed by atoms with van der Waals surface area (Å²) in [4.78, 5) is 31.1. The van der Waals surface area contributed by atoms with Gasteiger partial charge in [-0.1, -0.05) is 29.8 Å². The predicted molar refractivity (Wildman–Crippen MR) is 141 cm³/mol. The van der Waals surface area contributed by atoms with Crippen LogP contribution in [0.4, 0.5) is 14.9 Å². The van der Waals surface area contributed by atoms with Crippen LogP contribution >= 0.6 is 22.9 Å². The van der Waals surface area contributed by atoms with Crippen LogP contribution in [0.2, 0.25) is 5.02 Å². The molecule has 1 aliphatic heterocycles. The first-order valence-corrected chi connectivity index (χ1v) is 13.1. The van der Waals surface area contributed by atoms with Gasteiger partial charge in [0.2, 0.25) is 5.91 Å². The highest BCUT2D eigenvalue weighted by molar-refractivity contribution is 7.10. The lowest BCUT2D eigenvalue weighted by molar-refractivity contribution is -0.133. The number of aryl methyl sites for hydroxylation is 1. The van der Waals surface area contributed by atoms with Crippen molar-refractivity contribution in [3.05, 3.63) is 86.8 Å². The highest BCUT2D eigenvalue weighted by Crippen LogP contribution is 2.21. The fraction of sp³-hybridized carbons (Fsp3) is 0.333. The zero-order valence-corrected chi connectivity index (χ0v) is 21.7. The number of hydrogen-bond acceptors (Lipinski definition) is 4. The van der Waals surface area contributed by atoms with Gasteiger partial charge in [0.1, 0.15) is 12.4 Å². The zero-order chi connectivity index (χ0) is 25.5. The number of amides is 3. The van der Waals surface area contributed by atoms with Crippen LogP contribution in [-0.2, 0) is 22.6 Å². The fourth-order valence-corrected chi connectivity index (χ4v) is 5.18. The van der Waals surface area contributed by atoms with Crippen LogP contribution in [0.5, 0.6) is 0 Å². The lowest BCUT2D eigenvalue weighted by Crippen LogP contribution is -2.46. The molecule has 9 heteroatoms. The van der Waals surface area contributed by atoms with Crippen LogP contribution in [0.25, 0.3) is 0 Å². The van der Waals surface area contributed by atoms with Crippen LogP contribution in [0.1, 0.15) is 28.8 Å². The lowest BCUT2D eigenvalue weighted by Gasteiger charge is -2.29. The summed E-state index contributed by atoms with van der Waals surface area (Å²) in [5, 5.41) is 5.35. The van der Waals surface area contributed by atoms with Gasteiger partial charge >= 0.3 is 6.03 Å². The molecule has 2 heterocycles. The number of nitrogens with one attached hydrogen (secondary N) is 1. The van der Waals surface area contributed by atoms with E-state index in [2.05, 4.69) is 5.32 Å². The van der Waals surface area contributed by atoms with Crippen molar-refractivity contribution in [2.75, 3.05) is 25.0 Å².